The smallest absolute Gasteiger partial charge is 0.411 e. The predicted molar refractivity (Wildman–Crippen MR) is 103 cm³/mol. The van der Waals surface area contributed by atoms with E-state index in [9.17, 15) is 14.4 Å². The lowest BCUT2D eigenvalue weighted by Crippen LogP contribution is -2.60. The van der Waals surface area contributed by atoms with E-state index < -0.39 is 23.6 Å². The summed E-state index contributed by atoms with van der Waals surface area (Å²) < 4.78 is 5.47. The lowest BCUT2D eigenvalue weighted by atomic mass is 10.0. The largest absolute Gasteiger partial charge is 0.480 e. The number of nitrogens with zero attached hydrogens (tertiary/aromatic N) is 2. The molecule has 8 nitrogen and oxygen atoms in total. The third-order valence-electron chi connectivity index (χ3n) is 4.61. The molecule has 1 aliphatic rings. The van der Waals surface area contributed by atoms with Gasteiger partial charge in [-0.25, -0.2) is 4.79 Å². The van der Waals surface area contributed by atoms with E-state index in [-0.39, 0.29) is 25.7 Å². The number of H-pyrrole nitrogens is 1. The van der Waals surface area contributed by atoms with Crippen LogP contribution in [0, 0.1) is 0 Å². The molecule has 2 heterocycles. The summed E-state index contributed by atoms with van der Waals surface area (Å²) in [6, 6.07) is 7.44. The van der Waals surface area contributed by atoms with Gasteiger partial charge in [-0.1, -0.05) is 18.2 Å². The average molecular weight is 387 g/mol. The molecule has 150 valence electrons. The van der Waals surface area contributed by atoms with Gasteiger partial charge >= 0.3 is 12.1 Å². The number of hydrogen-bond acceptors (Lipinski definition) is 4. The number of carboxylic acids is 1. The Kier molecular flexibility index (Phi) is 5.31. The molecule has 8 heteroatoms. The van der Waals surface area contributed by atoms with Gasteiger partial charge in [0.15, 0.2) is 0 Å². The molecule has 2 N–H and O–H groups in total. The number of carbonyl (C=O) groups is 3. The minimum atomic E-state index is -1.08. The van der Waals surface area contributed by atoms with E-state index in [1.165, 1.54) is 9.80 Å². The summed E-state index contributed by atoms with van der Waals surface area (Å²) >= 11 is 0. The van der Waals surface area contributed by atoms with Crippen molar-refractivity contribution in [2.75, 3.05) is 19.6 Å². The number of fused-ring (bicyclic) bond motifs is 1. The number of nitrogens with one attached hydrogen (secondary N) is 1. The highest BCUT2D eigenvalue weighted by Gasteiger charge is 2.38. The minimum Gasteiger partial charge on any atom is -0.480 e. The van der Waals surface area contributed by atoms with Crippen molar-refractivity contribution in [3.8, 4) is 0 Å². The molecule has 0 unspecified atom stereocenters. The molecular weight excluding hydrogens is 362 g/mol. The van der Waals surface area contributed by atoms with Crippen LogP contribution in [0.5, 0.6) is 0 Å². The van der Waals surface area contributed by atoms with Crippen molar-refractivity contribution in [1.82, 2.24) is 14.8 Å². The summed E-state index contributed by atoms with van der Waals surface area (Å²) in [6.45, 7) is 4.86. The molecule has 0 spiro atoms. The molecule has 0 aliphatic carbocycles. The van der Waals surface area contributed by atoms with E-state index in [4.69, 9.17) is 9.84 Å². The Bertz CT molecular complexity index is 899. The van der Waals surface area contributed by atoms with Gasteiger partial charge in [0.05, 0.1) is 6.04 Å². The zero-order valence-electron chi connectivity index (χ0n) is 16.3. The fraction of sp³-hybridized carbons (Fsp3) is 0.450. The van der Waals surface area contributed by atoms with Crippen LogP contribution in [0.25, 0.3) is 10.9 Å². The van der Waals surface area contributed by atoms with Gasteiger partial charge in [0.1, 0.15) is 18.7 Å². The summed E-state index contributed by atoms with van der Waals surface area (Å²) in [6.07, 6.45) is 1.79. The highest BCUT2D eigenvalue weighted by atomic mass is 16.6. The van der Waals surface area contributed by atoms with Gasteiger partial charge in [0.2, 0.25) is 5.91 Å². The van der Waals surface area contributed by atoms with Crippen LogP contribution in [0.2, 0.25) is 0 Å². The van der Waals surface area contributed by atoms with Gasteiger partial charge in [-0.2, -0.15) is 0 Å². The van der Waals surface area contributed by atoms with E-state index in [0.29, 0.717) is 6.42 Å². The fourth-order valence-electron chi connectivity index (χ4n) is 3.41. The zero-order chi connectivity index (χ0) is 20.5. The zero-order valence-corrected chi connectivity index (χ0v) is 16.3. The van der Waals surface area contributed by atoms with Crippen LogP contribution in [0.4, 0.5) is 4.79 Å². The third-order valence-corrected chi connectivity index (χ3v) is 4.61. The number of benzene rings is 1. The number of aliphatic carboxylic acids is 1. The second-order valence-electron chi connectivity index (χ2n) is 7.99. The lowest BCUT2D eigenvalue weighted by molar-refractivity contribution is -0.148. The minimum absolute atomic E-state index is 0.143. The summed E-state index contributed by atoms with van der Waals surface area (Å²) in [4.78, 5) is 42.1. The van der Waals surface area contributed by atoms with Crippen molar-refractivity contribution in [2.24, 2.45) is 0 Å². The van der Waals surface area contributed by atoms with Gasteiger partial charge in [-0.3, -0.25) is 14.5 Å². The molecule has 1 atom stereocenters. The monoisotopic (exact) mass is 387 g/mol. The second-order valence-corrected chi connectivity index (χ2v) is 7.99. The van der Waals surface area contributed by atoms with Crippen LogP contribution in [0.1, 0.15) is 26.3 Å². The summed E-state index contributed by atoms with van der Waals surface area (Å²) in [5, 5.41) is 10.1. The van der Waals surface area contributed by atoms with Crippen LogP contribution >= 0.6 is 0 Å². The Labute approximate surface area is 163 Å². The van der Waals surface area contributed by atoms with Crippen molar-refractivity contribution in [1.29, 1.82) is 0 Å². The SMILES string of the molecule is CC(C)(C)OC(=O)N1CC(=O)N(CC(=O)O)C[C@@H]1Cc1c[nH]c2ccccc12. The maximum Gasteiger partial charge on any atom is 0.411 e. The summed E-state index contributed by atoms with van der Waals surface area (Å²) in [5.41, 5.74) is 1.29. The molecule has 1 saturated heterocycles. The molecule has 1 aromatic carbocycles. The van der Waals surface area contributed by atoms with Crippen molar-refractivity contribution < 1.29 is 24.2 Å². The number of amides is 2. The second kappa shape index (κ2) is 7.53. The normalized spacial score (nSPS) is 17.8. The molecular formula is C20H25N3O5. The predicted octanol–water partition coefficient (Wildman–Crippen LogP) is 2.24. The molecule has 28 heavy (non-hydrogen) atoms. The molecule has 1 fully saturated rings. The topological polar surface area (TPSA) is 103 Å². The molecule has 2 amide bonds. The molecule has 1 aromatic heterocycles. The highest BCUT2D eigenvalue weighted by Crippen LogP contribution is 2.24. The number of hydrogen-bond donors (Lipinski definition) is 2. The quantitative estimate of drug-likeness (QED) is 0.838. The number of piperazine rings is 1. The van der Waals surface area contributed by atoms with Crippen LogP contribution in [0.15, 0.2) is 30.5 Å². The average Bonchev–Trinajstić information content (AvgIpc) is 2.98. The van der Waals surface area contributed by atoms with Crippen molar-refractivity contribution in [3.05, 3.63) is 36.0 Å². The lowest BCUT2D eigenvalue weighted by Gasteiger charge is -2.40. The highest BCUT2D eigenvalue weighted by molar-refractivity contribution is 5.87. The molecule has 0 bridgehead atoms. The maximum absolute atomic E-state index is 12.7. The van der Waals surface area contributed by atoms with E-state index in [0.717, 1.165) is 16.5 Å². The number of para-hydroxylation sites is 1. The molecule has 3 rings (SSSR count). The molecule has 0 saturated carbocycles. The Morgan fingerprint density at radius 2 is 2.00 bits per heavy atom. The summed E-state index contributed by atoms with van der Waals surface area (Å²) in [5.74, 6) is -1.48. The molecule has 2 aromatic rings. The first kappa shape index (κ1) is 19.7. The standard InChI is InChI=1S/C20H25N3O5/c1-20(2,3)28-19(27)23-11-17(24)22(12-18(25)26)10-14(23)8-13-9-21-16-7-5-4-6-15(13)16/h4-7,9,14,21H,8,10-12H2,1-3H3,(H,25,26)/t14-/m0/s1. The maximum atomic E-state index is 12.7. The van der Waals surface area contributed by atoms with E-state index >= 15 is 0 Å². The first-order valence-corrected chi connectivity index (χ1v) is 9.18. The number of carbonyl (C=O) groups excluding carboxylic acids is 2. The number of ether oxygens (including phenoxy) is 1. The molecule has 0 radical (unpaired) electrons. The van der Waals surface area contributed by atoms with Gasteiger partial charge in [0.25, 0.3) is 0 Å². The number of carboxylic acid groups (broad SMARTS) is 1. The Morgan fingerprint density at radius 3 is 2.68 bits per heavy atom. The van der Waals surface area contributed by atoms with Crippen LogP contribution in [0.3, 0.4) is 0 Å². The number of aromatic nitrogens is 1. The third kappa shape index (κ3) is 4.44. The van der Waals surface area contributed by atoms with E-state index in [1.807, 2.05) is 30.5 Å². The number of rotatable bonds is 4. The van der Waals surface area contributed by atoms with Crippen LogP contribution in [-0.2, 0) is 20.7 Å². The van der Waals surface area contributed by atoms with Crippen LogP contribution in [-0.4, -0.2) is 69.1 Å². The Morgan fingerprint density at radius 1 is 1.29 bits per heavy atom. The van der Waals surface area contributed by atoms with Crippen molar-refractivity contribution in [2.45, 2.75) is 38.8 Å². The fourth-order valence-corrected chi connectivity index (χ4v) is 3.41. The Balaban J connectivity index is 1.87. The number of aromatic amines is 1. The van der Waals surface area contributed by atoms with Gasteiger partial charge in [0, 0.05) is 23.6 Å². The van der Waals surface area contributed by atoms with E-state index in [2.05, 4.69) is 4.98 Å². The molecule has 1 aliphatic heterocycles. The van der Waals surface area contributed by atoms with Gasteiger partial charge in [-0.15, -0.1) is 0 Å². The van der Waals surface area contributed by atoms with Crippen molar-refractivity contribution in [3.63, 3.8) is 0 Å². The van der Waals surface area contributed by atoms with E-state index in [1.54, 1.807) is 20.8 Å². The van der Waals surface area contributed by atoms with Crippen LogP contribution < -0.4 is 0 Å². The van der Waals surface area contributed by atoms with Gasteiger partial charge in [-0.05, 0) is 38.8 Å². The van der Waals surface area contributed by atoms with Gasteiger partial charge < -0.3 is 19.7 Å². The summed E-state index contributed by atoms with van der Waals surface area (Å²) in [7, 11) is 0. The Hall–Kier alpha value is -3.03. The first-order chi connectivity index (χ1) is 13.1. The first-order valence-electron chi connectivity index (χ1n) is 9.18. The van der Waals surface area contributed by atoms with Crippen molar-refractivity contribution >= 4 is 28.9 Å².